The van der Waals surface area contributed by atoms with E-state index in [4.69, 9.17) is 12.2 Å². The molecule has 0 aliphatic heterocycles. The van der Waals surface area contributed by atoms with Gasteiger partial charge in [-0.15, -0.1) is 0 Å². The van der Waals surface area contributed by atoms with E-state index >= 15 is 0 Å². The largest absolute Gasteiger partial charge is 0.332 e. The standard InChI is InChI=1S/C22H18BrN3O2S/c23-17-8-4-7-16(14-17)21(28)26-22(29)25-19-11-9-18(10-12-19)24-20(27)13-15-5-2-1-3-6-15/h1-12,14H,13H2,(H,24,27)(H2,25,26,28,29). The van der Waals surface area contributed by atoms with Gasteiger partial charge in [-0.25, -0.2) is 0 Å². The summed E-state index contributed by atoms with van der Waals surface area (Å²) in [4.78, 5) is 24.3. The summed E-state index contributed by atoms with van der Waals surface area (Å²) in [6.07, 6.45) is 0.312. The molecule has 0 atom stereocenters. The molecule has 7 heteroatoms. The number of nitrogens with one attached hydrogen (secondary N) is 3. The molecule has 2 amide bonds. The van der Waals surface area contributed by atoms with Crippen molar-refractivity contribution >= 4 is 56.4 Å². The van der Waals surface area contributed by atoms with Crippen LogP contribution in [0.3, 0.4) is 0 Å². The third-order valence-corrected chi connectivity index (χ3v) is 4.65. The van der Waals surface area contributed by atoms with Crippen molar-refractivity contribution in [1.29, 1.82) is 0 Å². The van der Waals surface area contributed by atoms with Crippen LogP contribution in [0, 0.1) is 0 Å². The Balaban J connectivity index is 1.51. The number of hydrogen-bond donors (Lipinski definition) is 3. The minimum atomic E-state index is -0.298. The fraction of sp³-hybridized carbons (Fsp3) is 0.0455. The summed E-state index contributed by atoms with van der Waals surface area (Å²) < 4.78 is 0.814. The van der Waals surface area contributed by atoms with Crippen molar-refractivity contribution < 1.29 is 9.59 Å². The number of thiocarbonyl (C=S) groups is 1. The summed E-state index contributed by atoms with van der Waals surface area (Å²) in [5, 5.41) is 8.64. The molecule has 0 radical (unpaired) electrons. The first-order chi connectivity index (χ1) is 14.0. The van der Waals surface area contributed by atoms with Crippen LogP contribution in [0.1, 0.15) is 15.9 Å². The molecule has 146 valence electrons. The van der Waals surface area contributed by atoms with Gasteiger partial charge < -0.3 is 10.6 Å². The van der Waals surface area contributed by atoms with Crippen LogP contribution in [-0.4, -0.2) is 16.9 Å². The van der Waals surface area contributed by atoms with Gasteiger partial charge in [-0.1, -0.05) is 52.3 Å². The van der Waals surface area contributed by atoms with Crippen LogP contribution in [0.5, 0.6) is 0 Å². The lowest BCUT2D eigenvalue weighted by molar-refractivity contribution is -0.115. The molecule has 3 aromatic carbocycles. The summed E-state index contributed by atoms with van der Waals surface area (Å²) in [5.74, 6) is -0.387. The minimum absolute atomic E-state index is 0.0892. The van der Waals surface area contributed by atoms with Crippen LogP contribution in [0.15, 0.2) is 83.3 Å². The zero-order valence-corrected chi connectivity index (χ0v) is 17.7. The molecule has 3 N–H and O–H groups in total. The first-order valence-electron chi connectivity index (χ1n) is 8.81. The van der Waals surface area contributed by atoms with Gasteiger partial charge in [0.05, 0.1) is 6.42 Å². The SMILES string of the molecule is O=C(Cc1ccccc1)Nc1ccc(NC(=S)NC(=O)c2cccc(Br)c2)cc1. The van der Waals surface area contributed by atoms with E-state index in [0.717, 1.165) is 10.0 Å². The Morgan fingerprint density at radius 2 is 1.48 bits per heavy atom. The highest BCUT2D eigenvalue weighted by Crippen LogP contribution is 2.15. The van der Waals surface area contributed by atoms with E-state index in [1.807, 2.05) is 36.4 Å². The smallest absolute Gasteiger partial charge is 0.257 e. The minimum Gasteiger partial charge on any atom is -0.332 e. The van der Waals surface area contributed by atoms with Gasteiger partial charge in [0, 0.05) is 21.4 Å². The molecule has 5 nitrogen and oxygen atoms in total. The van der Waals surface area contributed by atoms with Crippen LogP contribution in [0.4, 0.5) is 11.4 Å². The zero-order valence-electron chi connectivity index (χ0n) is 15.3. The highest BCUT2D eigenvalue weighted by atomic mass is 79.9. The molecule has 0 bridgehead atoms. The number of carbonyl (C=O) groups is 2. The molecule has 3 rings (SSSR count). The van der Waals surface area contributed by atoms with Crippen molar-refractivity contribution in [2.75, 3.05) is 10.6 Å². The molecule has 0 aliphatic carbocycles. The monoisotopic (exact) mass is 467 g/mol. The zero-order chi connectivity index (χ0) is 20.6. The van der Waals surface area contributed by atoms with Crippen LogP contribution < -0.4 is 16.0 Å². The summed E-state index contributed by atoms with van der Waals surface area (Å²) in [5.41, 5.74) is 2.83. The predicted molar refractivity (Wildman–Crippen MR) is 123 cm³/mol. The topological polar surface area (TPSA) is 70.2 Å². The third-order valence-electron chi connectivity index (χ3n) is 3.95. The maximum atomic E-state index is 12.2. The van der Waals surface area contributed by atoms with Crippen molar-refractivity contribution in [2.45, 2.75) is 6.42 Å². The van der Waals surface area contributed by atoms with Crippen molar-refractivity contribution in [1.82, 2.24) is 5.32 Å². The number of carbonyl (C=O) groups excluding carboxylic acids is 2. The normalized spacial score (nSPS) is 10.1. The van der Waals surface area contributed by atoms with E-state index in [1.165, 1.54) is 0 Å². The van der Waals surface area contributed by atoms with Gasteiger partial charge in [0.25, 0.3) is 5.91 Å². The second-order valence-corrected chi connectivity index (χ2v) is 7.53. The Morgan fingerprint density at radius 1 is 0.828 bits per heavy atom. The number of anilines is 2. The van der Waals surface area contributed by atoms with E-state index in [0.29, 0.717) is 23.4 Å². The Kier molecular flexibility index (Phi) is 7.10. The molecule has 0 aliphatic rings. The predicted octanol–water partition coefficient (Wildman–Crippen LogP) is 4.76. The average Bonchev–Trinajstić information content (AvgIpc) is 2.70. The first-order valence-corrected chi connectivity index (χ1v) is 10.0. The van der Waals surface area contributed by atoms with Gasteiger partial charge in [-0.2, -0.15) is 0 Å². The number of benzene rings is 3. The van der Waals surface area contributed by atoms with E-state index < -0.39 is 0 Å². The number of amides is 2. The molecule has 29 heavy (non-hydrogen) atoms. The fourth-order valence-electron chi connectivity index (χ4n) is 2.59. The van der Waals surface area contributed by atoms with Gasteiger partial charge in [-0.05, 0) is 60.2 Å². The second kappa shape index (κ2) is 9.95. The van der Waals surface area contributed by atoms with E-state index in [2.05, 4.69) is 31.9 Å². The summed E-state index contributed by atoms with van der Waals surface area (Å²) in [7, 11) is 0. The maximum absolute atomic E-state index is 12.2. The van der Waals surface area contributed by atoms with Crippen LogP contribution >= 0.6 is 28.1 Å². The Hall–Kier alpha value is -3.03. The molecule has 0 saturated carbocycles. The van der Waals surface area contributed by atoms with Gasteiger partial charge in [0.15, 0.2) is 5.11 Å². The maximum Gasteiger partial charge on any atom is 0.257 e. The fourth-order valence-corrected chi connectivity index (χ4v) is 3.20. The molecule has 0 saturated heterocycles. The molecular formula is C22H18BrN3O2S. The molecule has 0 unspecified atom stereocenters. The van der Waals surface area contributed by atoms with Crippen molar-refractivity contribution in [3.05, 3.63) is 94.5 Å². The summed E-state index contributed by atoms with van der Waals surface area (Å²) in [6.45, 7) is 0. The lowest BCUT2D eigenvalue weighted by Gasteiger charge is -2.11. The van der Waals surface area contributed by atoms with Crippen molar-refractivity contribution in [3.8, 4) is 0 Å². The Morgan fingerprint density at radius 3 is 2.14 bits per heavy atom. The van der Waals surface area contributed by atoms with Gasteiger partial charge in [-0.3, -0.25) is 14.9 Å². The van der Waals surface area contributed by atoms with E-state index in [1.54, 1.807) is 42.5 Å². The van der Waals surface area contributed by atoms with E-state index in [-0.39, 0.29) is 16.9 Å². The number of rotatable bonds is 5. The number of hydrogen-bond acceptors (Lipinski definition) is 3. The highest BCUT2D eigenvalue weighted by molar-refractivity contribution is 9.10. The average molecular weight is 468 g/mol. The van der Waals surface area contributed by atoms with E-state index in [9.17, 15) is 9.59 Å². The Bertz CT molecular complexity index is 1020. The number of halogens is 1. The first kappa shape index (κ1) is 20.7. The van der Waals surface area contributed by atoms with Crippen LogP contribution in [0.25, 0.3) is 0 Å². The molecule has 0 spiro atoms. The molecular weight excluding hydrogens is 450 g/mol. The third kappa shape index (κ3) is 6.51. The Labute approximate surface area is 182 Å². The second-order valence-electron chi connectivity index (χ2n) is 6.21. The van der Waals surface area contributed by atoms with Crippen molar-refractivity contribution in [3.63, 3.8) is 0 Å². The summed E-state index contributed by atoms with van der Waals surface area (Å²) >= 11 is 8.53. The molecule has 0 fully saturated rings. The highest BCUT2D eigenvalue weighted by Gasteiger charge is 2.09. The summed E-state index contributed by atoms with van der Waals surface area (Å²) in [6, 6.07) is 23.7. The van der Waals surface area contributed by atoms with Crippen LogP contribution in [0.2, 0.25) is 0 Å². The van der Waals surface area contributed by atoms with Crippen molar-refractivity contribution in [2.24, 2.45) is 0 Å². The molecule has 0 aromatic heterocycles. The molecule has 3 aromatic rings. The quantitative estimate of drug-likeness (QED) is 0.473. The van der Waals surface area contributed by atoms with Gasteiger partial charge >= 0.3 is 0 Å². The lowest BCUT2D eigenvalue weighted by atomic mass is 10.1. The van der Waals surface area contributed by atoms with Crippen LogP contribution in [-0.2, 0) is 11.2 Å². The lowest BCUT2D eigenvalue weighted by Crippen LogP contribution is -2.34. The van der Waals surface area contributed by atoms with Gasteiger partial charge in [0.1, 0.15) is 0 Å². The van der Waals surface area contributed by atoms with Gasteiger partial charge in [0.2, 0.25) is 5.91 Å². The molecule has 0 heterocycles.